The maximum atomic E-state index is 12.2. The second kappa shape index (κ2) is 7.59. The molecule has 24 heavy (non-hydrogen) atoms. The van der Waals surface area contributed by atoms with Gasteiger partial charge in [0.15, 0.2) is 5.78 Å². The molecule has 1 aromatic heterocycles. The van der Waals surface area contributed by atoms with Gasteiger partial charge in [0.2, 0.25) is 0 Å². The lowest BCUT2D eigenvalue weighted by molar-refractivity contribution is 0.0203. The number of hydrogen-bond donors (Lipinski definition) is 0. The normalized spacial score (nSPS) is 16.1. The number of Topliss-reactive ketones (excluding diaryl/α,β-unsaturated/α-hetero) is 1. The van der Waals surface area contributed by atoms with E-state index in [1.807, 2.05) is 27.7 Å². The number of carbonyl (C=O) groups is 2. The van der Waals surface area contributed by atoms with Crippen molar-refractivity contribution in [3.63, 3.8) is 0 Å². The molecule has 1 aromatic rings. The van der Waals surface area contributed by atoms with Crippen LogP contribution < -0.4 is 0 Å². The zero-order valence-corrected chi connectivity index (χ0v) is 16.2. The molecule has 7 heteroatoms. The molecule has 1 aliphatic heterocycles. The van der Waals surface area contributed by atoms with Crippen LogP contribution in [-0.4, -0.2) is 50.8 Å². The molecule has 0 atom stereocenters. The molecule has 1 fully saturated rings. The number of likely N-dealkylation sites (tertiary alicyclic amines) is 1. The van der Waals surface area contributed by atoms with Crippen LogP contribution in [0.25, 0.3) is 0 Å². The van der Waals surface area contributed by atoms with Crippen LogP contribution in [0.15, 0.2) is 6.20 Å². The van der Waals surface area contributed by atoms with Gasteiger partial charge in [-0.1, -0.05) is 15.9 Å². The number of alkyl halides is 1. The van der Waals surface area contributed by atoms with Crippen molar-refractivity contribution in [3.8, 4) is 0 Å². The summed E-state index contributed by atoms with van der Waals surface area (Å²) < 4.78 is 5.42. The minimum Gasteiger partial charge on any atom is -0.444 e. The third kappa shape index (κ3) is 4.75. The Labute approximate surface area is 151 Å². The van der Waals surface area contributed by atoms with Gasteiger partial charge in [0.1, 0.15) is 11.4 Å². The number of halogens is 1. The molecule has 0 radical (unpaired) electrons. The first-order valence-electron chi connectivity index (χ1n) is 8.12. The van der Waals surface area contributed by atoms with Gasteiger partial charge in [-0.25, -0.2) is 14.8 Å². The molecule has 132 valence electrons. The molecule has 0 aromatic carbocycles. The molecular weight excluding hydrogens is 374 g/mol. The van der Waals surface area contributed by atoms with E-state index in [2.05, 4.69) is 25.9 Å². The van der Waals surface area contributed by atoms with Crippen LogP contribution in [0.1, 0.15) is 61.4 Å². The van der Waals surface area contributed by atoms with Gasteiger partial charge in [0.05, 0.1) is 16.6 Å². The highest BCUT2D eigenvalue weighted by Gasteiger charge is 2.30. The second-order valence-corrected chi connectivity index (χ2v) is 7.58. The molecular formula is C17H24BrN3O3. The van der Waals surface area contributed by atoms with E-state index >= 15 is 0 Å². The van der Waals surface area contributed by atoms with E-state index in [1.54, 1.807) is 11.1 Å². The smallest absolute Gasteiger partial charge is 0.410 e. The standard InChI is InChI=1S/C17H24BrN3O3/c1-11-19-10-13(14(22)9-18)15(20-11)12-5-7-21(8-6-12)16(23)24-17(2,3)4/h10,12H,5-9H2,1-4H3. The quantitative estimate of drug-likeness (QED) is 0.576. The van der Waals surface area contributed by atoms with Crippen molar-refractivity contribution in [2.24, 2.45) is 0 Å². The summed E-state index contributed by atoms with van der Waals surface area (Å²) in [5, 5.41) is 0.253. The molecule has 2 heterocycles. The van der Waals surface area contributed by atoms with E-state index in [0.29, 0.717) is 24.5 Å². The number of hydrogen-bond acceptors (Lipinski definition) is 5. The lowest BCUT2D eigenvalue weighted by Gasteiger charge is -2.33. The number of piperidine rings is 1. The van der Waals surface area contributed by atoms with E-state index in [4.69, 9.17) is 4.74 Å². The van der Waals surface area contributed by atoms with Crippen molar-refractivity contribution in [2.45, 2.75) is 52.1 Å². The molecule has 0 spiro atoms. The van der Waals surface area contributed by atoms with Crippen LogP contribution >= 0.6 is 15.9 Å². The van der Waals surface area contributed by atoms with E-state index in [1.165, 1.54) is 0 Å². The van der Waals surface area contributed by atoms with Crippen molar-refractivity contribution in [2.75, 3.05) is 18.4 Å². The molecule has 6 nitrogen and oxygen atoms in total. The van der Waals surface area contributed by atoms with Crippen LogP contribution in [-0.2, 0) is 4.74 Å². The van der Waals surface area contributed by atoms with Crippen molar-refractivity contribution in [3.05, 3.63) is 23.3 Å². The molecule has 0 aliphatic carbocycles. The van der Waals surface area contributed by atoms with Crippen LogP contribution in [0.2, 0.25) is 0 Å². The van der Waals surface area contributed by atoms with E-state index in [9.17, 15) is 9.59 Å². The Hall–Kier alpha value is -1.50. The molecule has 1 saturated heterocycles. The van der Waals surface area contributed by atoms with Gasteiger partial charge < -0.3 is 9.64 Å². The molecule has 0 unspecified atom stereocenters. The zero-order chi connectivity index (χ0) is 17.9. The van der Waals surface area contributed by atoms with Crippen molar-refractivity contribution < 1.29 is 14.3 Å². The van der Waals surface area contributed by atoms with Gasteiger partial charge in [0.25, 0.3) is 0 Å². The third-order valence-electron chi connectivity index (χ3n) is 3.89. The van der Waals surface area contributed by atoms with Crippen LogP contribution in [0.3, 0.4) is 0 Å². The Morgan fingerprint density at radius 2 is 1.96 bits per heavy atom. The highest BCUT2D eigenvalue weighted by Crippen LogP contribution is 2.30. The highest BCUT2D eigenvalue weighted by molar-refractivity contribution is 9.09. The van der Waals surface area contributed by atoms with Gasteiger partial charge >= 0.3 is 6.09 Å². The first-order chi connectivity index (χ1) is 11.2. The minimum atomic E-state index is -0.493. The van der Waals surface area contributed by atoms with Gasteiger partial charge in [-0.15, -0.1) is 0 Å². The fourth-order valence-electron chi connectivity index (χ4n) is 2.75. The highest BCUT2D eigenvalue weighted by atomic mass is 79.9. The number of amides is 1. The second-order valence-electron chi connectivity index (χ2n) is 7.01. The predicted octanol–water partition coefficient (Wildman–Crippen LogP) is 3.48. The van der Waals surface area contributed by atoms with E-state index in [0.717, 1.165) is 18.5 Å². The Kier molecular flexibility index (Phi) is 5.96. The van der Waals surface area contributed by atoms with Gasteiger partial charge in [-0.3, -0.25) is 4.79 Å². The van der Waals surface area contributed by atoms with Crippen LogP contribution in [0.4, 0.5) is 4.79 Å². The Morgan fingerprint density at radius 3 is 2.50 bits per heavy atom. The Morgan fingerprint density at radius 1 is 1.33 bits per heavy atom. The number of ketones is 1. The lowest BCUT2D eigenvalue weighted by atomic mass is 9.90. The first-order valence-corrected chi connectivity index (χ1v) is 9.24. The molecule has 0 saturated carbocycles. The lowest BCUT2D eigenvalue weighted by Crippen LogP contribution is -2.41. The van der Waals surface area contributed by atoms with E-state index < -0.39 is 5.60 Å². The summed E-state index contributed by atoms with van der Waals surface area (Å²) in [4.78, 5) is 34.6. The summed E-state index contributed by atoms with van der Waals surface area (Å²) in [6, 6.07) is 0. The largest absolute Gasteiger partial charge is 0.444 e. The van der Waals surface area contributed by atoms with Gasteiger partial charge in [-0.2, -0.15) is 0 Å². The zero-order valence-electron chi connectivity index (χ0n) is 14.6. The summed E-state index contributed by atoms with van der Waals surface area (Å²) in [5.74, 6) is 0.800. The molecule has 1 amide bonds. The van der Waals surface area contributed by atoms with E-state index in [-0.39, 0.29) is 23.1 Å². The van der Waals surface area contributed by atoms with Crippen LogP contribution in [0.5, 0.6) is 0 Å². The minimum absolute atomic E-state index is 0.0143. The summed E-state index contributed by atoms with van der Waals surface area (Å²) in [6.07, 6.45) is 2.86. The number of aromatic nitrogens is 2. The summed E-state index contributed by atoms with van der Waals surface area (Å²) in [6.45, 7) is 8.61. The topological polar surface area (TPSA) is 72.4 Å². The fraction of sp³-hybridized carbons (Fsp3) is 0.647. The molecule has 2 rings (SSSR count). The average molecular weight is 398 g/mol. The number of rotatable bonds is 3. The maximum absolute atomic E-state index is 12.2. The fourth-order valence-corrected chi connectivity index (χ4v) is 3.05. The number of ether oxygens (including phenoxy) is 1. The van der Waals surface area contributed by atoms with Gasteiger partial charge in [0, 0.05) is 25.2 Å². The number of nitrogens with zero attached hydrogens (tertiary/aromatic N) is 3. The Bertz CT molecular complexity index is 620. The molecule has 1 aliphatic rings. The third-order valence-corrected chi connectivity index (χ3v) is 4.40. The summed E-state index contributed by atoms with van der Waals surface area (Å²) >= 11 is 3.21. The Balaban J connectivity index is 2.08. The van der Waals surface area contributed by atoms with Crippen LogP contribution in [0, 0.1) is 6.92 Å². The molecule has 0 N–H and O–H groups in total. The summed E-state index contributed by atoms with van der Waals surface area (Å²) in [7, 11) is 0. The van der Waals surface area contributed by atoms with Crippen molar-refractivity contribution >= 4 is 27.8 Å². The monoisotopic (exact) mass is 397 g/mol. The SMILES string of the molecule is Cc1ncc(C(=O)CBr)c(C2CCN(C(=O)OC(C)(C)C)CC2)n1. The van der Waals surface area contributed by atoms with Gasteiger partial charge in [-0.05, 0) is 40.5 Å². The number of aryl methyl sites for hydroxylation is 1. The number of carbonyl (C=O) groups excluding carboxylic acids is 2. The molecule has 0 bridgehead atoms. The summed E-state index contributed by atoms with van der Waals surface area (Å²) in [5.41, 5.74) is 0.886. The average Bonchev–Trinajstić information content (AvgIpc) is 2.52. The van der Waals surface area contributed by atoms with Crippen molar-refractivity contribution in [1.29, 1.82) is 0 Å². The predicted molar refractivity (Wildman–Crippen MR) is 94.7 cm³/mol. The maximum Gasteiger partial charge on any atom is 0.410 e. The van der Waals surface area contributed by atoms with Crippen molar-refractivity contribution in [1.82, 2.24) is 14.9 Å². The first kappa shape index (κ1) is 18.8.